The summed E-state index contributed by atoms with van der Waals surface area (Å²) in [7, 11) is 0. The van der Waals surface area contributed by atoms with E-state index >= 15 is 0 Å². The van der Waals surface area contributed by atoms with Crippen molar-refractivity contribution in [1.29, 1.82) is 0 Å². The zero-order valence-corrected chi connectivity index (χ0v) is 17.9. The molecule has 2 aromatic carbocycles. The van der Waals surface area contributed by atoms with Gasteiger partial charge in [0, 0.05) is 0 Å². The Hall–Kier alpha value is -2.53. The number of carbonyl (C=O) groups excluding carboxylic acids is 1. The number of ether oxygens (including phenoxy) is 3. The molecule has 0 aromatic heterocycles. The van der Waals surface area contributed by atoms with Crippen molar-refractivity contribution in [2.45, 2.75) is 64.1 Å². The summed E-state index contributed by atoms with van der Waals surface area (Å²) in [6, 6.07) is 16.1. The Kier molecular flexibility index (Phi) is 7.75. The van der Waals surface area contributed by atoms with Crippen LogP contribution in [0, 0.1) is 0 Å². The Balaban J connectivity index is 1.57. The second-order valence-corrected chi connectivity index (χ2v) is 7.90. The third-order valence-corrected chi connectivity index (χ3v) is 5.53. The van der Waals surface area contributed by atoms with Crippen LogP contribution in [0.2, 0.25) is 0 Å². The van der Waals surface area contributed by atoms with Crippen LogP contribution in [0.5, 0.6) is 5.75 Å². The molecule has 3 rings (SSSR count). The van der Waals surface area contributed by atoms with Gasteiger partial charge < -0.3 is 19.3 Å². The van der Waals surface area contributed by atoms with Gasteiger partial charge in [0.15, 0.2) is 0 Å². The third-order valence-electron chi connectivity index (χ3n) is 5.53. The average molecular weight is 413 g/mol. The van der Waals surface area contributed by atoms with Gasteiger partial charge in [-0.25, -0.2) is 4.79 Å². The summed E-state index contributed by atoms with van der Waals surface area (Å²) < 4.78 is 16.0. The molecule has 0 radical (unpaired) electrons. The molecule has 162 valence electrons. The molecule has 0 bridgehead atoms. The topological polar surface area (TPSA) is 65.0 Å². The Morgan fingerprint density at radius 2 is 1.50 bits per heavy atom. The molecule has 0 aliphatic heterocycles. The molecule has 5 nitrogen and oxygen atoms in total. The van der Waals surface area contributed by atoms with E-state index in [4.69, 9.17) is 14.2 Å². The first-order valence-electron chi connectivity index (χ1n) is 10.9. The van der Waals surface area contributed by atoms with Crippen LogP contribution >= 0.6 is 0 Å². The lowest BCUT2D eigenvalue weighted by molar-refractivity contribution is -0.0536. The number of rotatable bonds is 8. The van der Waals surface area contributed by atoms with Gasteiger partial charge in [0.05, 0.1) is 18.8 Å². The molecule has 2 aromatic rings. The second-order valence-electron chi connectivity index (χ2n) is 7.90. The van der Waals surface area contributed by atoms with E-state index in [0.29, 0.717) is 32.3 Å². The van der Waals surface area contributed by atoms with Crippen molar-refractivity contribution in [3.05, 3.63) is 54.1 Å². The highest BCUT2D eigenvalue weighted by atomic mass is 16.7. The number of aliphatic hydroxyl groups is 1. The molecule has 0 heterocycles. The Morgan fingerprint density at radius 3 is 2.07 bits per heavy atom. The van der Waals surface area contributed by atoms with E-state index in [0.717, 1.165) is 41.9 Å². The molecule has 1 N–H and O–H groups in total. The molecule has 1 aliphatic carbocycles. The molecule has 5 heteroatoms. The highest BCUT2D eigenvalue weighted by molar-refractivity contribution is 5.64. The minimum atomic E-state index is -0.885. The summed E-state index contributed by atoms with van der Waals surface area (Å²) in [5.74, 6) is 0.879. The number of hydrogen-bond donors (Lipinski definition) is 1. The van der Waals surface area contributed by atoms with Crippen LogP contribution < -0.4 is 4.74 Å². The van der Waals surface area contributed by atoms with E-state index < -0.39 is 11.8 Å². The highest BCUT2D eigenvalue weighted by Gasteiger charge is 2.36. The van der Waals surface area contributed by atoms with E-state index in [1.54, 1.807) is 0 Å². The van der Waals surface area contributed by atoms with Crippen LogP contribution in [0.4, 0.5) is 4.79 Å². The maximum atomic E-state index is 11.6. The van der Waals surface area contributed by atoms with Crippen molar-refractivity contribution < 1.29 is 24.1 Å². The monoisotopic (exact) mass is 412 g/mol. The van der Waals surface area contributed by atoms with Gasteiger partial charge in [-0.3, -0.25) is 0 Å². The van der Waals surface area contributed by atoms with Gasteiger partial charge in [-0.2, -0.15) is 0 Å². The summed E-state index contributed by atoms with van der Waals surface area (Å²) in [5, 5.41) is 11.1. The predicted octanol–water partition coefficient (Wildman–Crippen LogP) is 5.84. The van der Waals surface area contributed by atoms with E-state index in [9.17, 15) is 9.90 Å². The van der Waals surface area contributed by atoms with Gasteiger partial charge in [0.25, 0.3) is 0 Å². The smallest absolute Gasteiger partial charge is 0.494 e. The lowest BCUT2D eigenvalue weighted by atomic mass is 9.78. The van der Waals surface area contributed by atoms with E-state index in [1.807, 2.05) is 43.3 Å². The van der Waals surface area contributed by atoms with Crippen LogP contribution in [0.3, 0.4) is 0 Å². The molecule has 1 aliphatic rings. The van der Waals surface area contributed by atoms with Crippen LogP contribution in [-0.4, -0.2) is 30.6 Å². The van der Waals surface area contributed by atoms with Crippen molar-refractivity contribution in [2.75, 3.05) is 13.2 Å². The van der Waals surface area contributed by atoms with E-state index in [-0.39, 0.29) is 6.10 Å². The molecular weight excluding hydrogens is 380 g/mol. The van der Waals surface area contributed by atoms with Crippen molar-refractivity contribution in [1.82, 2.24) is 0 Å². The maximum Gasteiger partial charge on any atom is 0.508 e. The maximum absolute atomic E-state index is 11.6. The van der Waals surface area contributed by atoms with Gasteiger partial charge >= 0.3 is 6.16 Å². The summed E-state index contributed by atoms with van der Waals surface area (Å²) in [4.78, 5) is 11.6. The molecule has 1 saturated carbocycles. The summed E-state index contributed by atoms with van der Waals surface area (Å²) >= 11 is 0. The SMILES string of the molecule is CCCOC(=O)OC1CCC(O)(c2ccc(-c3ccc(OCCC)cc3)cc2)CC1. The number of carbonyl (C=O) groups is 1. The van der Waals surface area contributed by atoms with Crippen molar-refractivity contribution >= 4 is 6.16 Å². The fourth-order valence-electron chi connectivity index (χ4n) is 3.77. The fourth-order valence-corrected chi connectivity index (χ4v) is 3.77. The summed E-state index contributed by atoms with van der Waals surface area (Å²) in [6.45, 7) is 5.12. The number of hydrogen-bond acceptors (Lipinski definition) is 5. The summed E-state index contributed by atoms with van der Waals surface area (Å²) in [5.41, 5.74) is 2.23. The zero-order chi connectivity index (χ0) is 21.4. The molecule has 30 heavy (non-hydrogen) atoms. The quantitative estimate of drug-likeness (QED) is 0.552. The first-order valence-corrected chi connectivity index (χ1v) is 10.9. The van der Waals surface area contributed by atoms with Crippen molar-refractivity contribution in [3.8, 4) is 16.9 Å². The zero-order valence-electron chi connectivity index (χ0n) is 17.9. The van der Waals surface area contributed by atoms with E-state index in [2.05, 4.69) is 19.1 Å². The van der Waals surface area contributed by atoms with Crippen LogP contribution in [0.25, 0.3) is 11.1 Å². The lowest BCUT2D eigenvalue weighted by Gasteiger charge is -2.36. The molecule has 0 amide bonds. The van der Waals surface area contributed by atoms with Gasteiger partial charge in [-0.1, -0.05) is 50.2 Å². The van der Waals surface area contributed by atoms with Crippen molar-refractivity contribution in [3.63, 3.8) is 0 Å². The number of benzene rings is 2. The Labute approximate surface area is 179 Å². The lowest BCUT2D eigenvalue weighted by Crippen LogP contribution is -2.35. The third kappa shape index (κ3) is 5.76. The first-order chi connectivity index (χ1) is 14.5. The molecule has 1 fully saturated rings. The largest absolute Gasteiger partial charge is 0.508 e. The van der Waals surface area contributed by atoms with Gasteiger partial charge in [0.2, 0.25) is 0 Å². The minimum Gasteiger partial charge on any atom is -0.494 e. The molecule has 0 spiro atoms. The van der Waals surface area contributed by atoms with E-state index in [1.165, 1.54) is 0 Å². The van der Waals surface area contributed by atoms with Gasteiger partial charge in [0.1, 0.15) is 11.9 Å². The second kappa shape index (κ2) is 10.5. The average Bonchev–Trinajstić information content (AvgIpc) is 2.78. The highest BCUT2D eigenvalue weighted by Crippen LogP contribution is 2.38. The minimum absolute atomic E-state index is 0.192. The van der Waals surface area contributed by atoms with Crippen LogP contribution in [-0.2, 0) is 15.1 Å². The van der Waals surface area contributed by atoms with Crippen molar-refractivity contribution in [2.24, 2.45) is 0 Å². The standard InChI is InChI=1S/C25H32O5/c1-3-17-28-22-11-7-20(8-12-22)19-5-9-21(10-6-19)25(27)15-13-23(14-16-25)30-24(26)29-18-4-2/h5-12,23,27H,3-4,13-18H2,1-2H3. The molecule has 0 atom stereocenters. The normalized spacial score (nSPS) is 21.1. The summed E-state index contributed by atoms with van der Waals surface area (Å²) in [6.07, 6.45) is 3.32. The fraction of sp³-hybridized carbons (Fsp3) is 0.480. The molecular formula is C25H32O5. The van der Waals surface area contributed by atoms with Crippen LogP contribution in [0.15, 0.2) is 48.5 Å². The Bertz CT molecular complexity index is 789. The molecule has 0 saturated heterocycles. The first kappa shape index (κ1) is 22.2. The predicted molar refractivity (Wildman–Crippen MR) is 117 cm³/mol. The Morgan fingerprint density at radius 1 is 0.933 bits per heavy atom. The molecule has 0 unspecified atom stereocenters. The van der Waals surface area contributed by atoms with Gasteiger partial charge in [-0.15, -0.1) is 0 Å². The van der Waals surface area contributed by atoms with Gasteiger partial charge in [-0.05, 0) is 67.3 Å². The van der Waals surface area contributed by atoms with Crippen LogP contribution in [0.1, 0.15) is 57.9 Å².